The zero-order chi connectivity index (χ0) is 14.8. The molecule has 1 atom stereocenters. The van der Waals surface area contributed by atoms with E-state index < -0.39 is 18.0 Å². The molecule has 0 bridgehead atoms. The van der Waals surface area contributed by atoms with E-state index in [9.17, 15) is 9.59 Å². The first-order chi connectivity index (χ1) is 9.63. The first kappa shape index (κ1) is 15.8. The monoisotopic (exact) mass is 280 g/mol. The Bertz CT molecular complexity index is 422. The summed E-state index contributed by atoms with van der Waals surface area (Å²) in [4.78, 5) is 22.4. The number of nitrogens with one attached hydrogen (secondary N) is 2. The predicted octanol–water partition coefficient (Wildman–Crippen LogP) is 1.62. The number of carbonyl (C=O) groups excluding carboxylic acids is 1. The molecule has 2 amide bonds. The highest BCUT2D eigenvalue weighted by atomic mass is 16.5. The molecule has 0 unspecified atom stereocenters. The average Bonchev–Trinajstić information content (AvgIpc) is 2.44. The number of carbonyl (C=O) groups is 2. The first-order valence-corrected chi connectivity index (χ1v) is 6.58. The maximum atomic E-state index is 11.5. The van der Waals surface area contributed by atoms with Gasteiger partial charge in [-0.05, 0) is 18.6 Å². The van der Waals surface area contributed by atoms with E-state index in [0.29, 0.717) is 26.0 Å². The van der Waals surface area contributed by atoms with Crippen LogP contribution < -0.4 is 15.4 Å². The Kier molecular flexibility index (Phi) is 6.95. The predicted molar refractivity (Wildman–Crippen MR) is 74.8 cm³/mol. The Morgan fingerprint density at radius 1 is 1.30 bits per heavy atom. The lowest BCUT2D eigenvalue weighted by atomic mass is 10.2. The zero-order valence-electron chi connectivity index (χ0n) is 11.5. The van der Waals surface area contributed by atoms with Crippen LogP contribution in [0.25, 0.3) is 0 Å². The number of aliphatic carboxylic acids is 1. The van der Waals surface area contributed by atoms with Crippen LogP contribution in [0, 0.1) is 0 Å². The van der Waals surface area contributed by atoms with Crippen LogP contribution in [0.4, 0.5) is 4.79 Å². The summed E-state index contributed by atoms with van der Waals surface area (Å²) >= 11 is 0. The van der Waals surface area contributed by atoms with Crippen LogP contribution in [0.3, 0.4) is 0 Å². The summed E-state index contributed by atoms with van der Waals surface area (Å²) in [5.74, 6) is -0.299. The van der Waals surface area contributed by atoms with E-state index in [1.165, 1.54) is 0 Å². The molecular formula is C14H20N2O4. The van der Waals surface area contributed by atoms with Gasteiger partial charge < -0.3 is 20.5 Å². The molecule has 20 heavy (non-hydrogen) atoms. The minimum atomic E-state index is -1.03. The van der Waals surface area contributed by atoms with Crippen molar-refractivity contribution in [2.45, 2.75) is 25.8 Å². The van der Waals surface area contributed by atoms with Crippen molar-refractivity contribution in [2.75, 3.05) is 13.2 Å². The third kappa shape index (κ3) is 6.08. The van der Waals surface area contributed by atoms with Gasteiger partial charge in [-0.3, -0.25) is 0 Å². The van der Waals surface area contributed by atoms with Gasteiger partial charge in [-0.15, -0.1) is 0 Å². The molecule has 0 heterocycles. The molecule has 0 fully saturated rings. The summed E-state index contributed by atoms with van der Waals surface area (Å²) in [6, 6.07) is 7.90. The van der Waals surface area contributed by atoms with Crippen molar-refractivity contribution in [3.05, 3.63) is 30.3 Å². The summed E-state index contributed by atoms with van der Waals surface area (Å²) in [7, 11) is 0. The van der Waals surface area contributed by atoms with E-state index in [0.717, 1.165) is 5.75 Å². The summed E-state index contributed by atoms with van der Waals surface area (Å²) in [5.41, 5.74) is 0. The third-order valence-corrected chi connectivity index (χ3v) is 2.58. The van der Waals surface area contributed by atoms with Crippen molar-refractivity contribution in [1.29, 1.82) is 0 Å². The largest absolute Gasteiger partial charge is 0.492 e. The molecule has 6 nitrogen and oxygen atoms in total. The minimum Gasteiger partial charge on any atom is -0.492 e. The number of urea groups is 1. The van der Waals surface area contributed by atoms with Crippen molar-refractivity contribution in [3.8, 4) is 5.75 Å². The van der Waals surface area contributed by atoms with Gasteiger partial charge in [0.15, 0.2) is 0 Å². The second kappa shape index (κ2) is 8.79. The lowest BCUT2D eigenvalue weighted by Crippen LogP contribution is -2.46. The number of carboxylic acid groups (broad SMARTS) is 1. The van der Waals surface area contributed by atoms with Crippen LogP contribution in [-0.4, -0.2) is 36.3 Å². The van der Waals surface area contributed by atoms with Crippen molar-refractivity contribution < 1.29 is 19.4 Å². The lowest BCUT2D eigenvalue weighted by Gasteiger charge is -2.14. The fraction of sp³-hybridized carbons (Fsp3) is 0.429. The highest BCUT2D eigenvalue weighted by molar-refractivity contribution is 5.82. The number of para-hydroxylation sites is 1. The average molecular weight is 280 g/mol. The van der Waals surface area contributed by atoms with Crippen LogP contribution >= 0.6 is 0 Å². The second-order valence-electron chi connectivity index (χ2n) is 4.24. The van der Waals surface area contributed by atoms with Crippen LogP contribution in [0.5, 0.6) is 5.75 Å². The molecule has 6 heteroatoms. The molecular weight excluding hydrogens is 260 g/mol. The minimum absolute atomic E-state index is 0.305. The second-order valence-corrected chi connectivity index (χ2v) is 4.24. The van der Waals surface area contributed by atoms with Crippen molar-refractivity contribution in [3.63, 3.8) is 0 Å². The van der Waals surface area contributed by atoms with E-state index in [1.54, 1.807) is 0 Å². The van der Waals surface area contributed by atoms with Crippen LogP contribution in [0.1, 0.15) is 19.8 Å². The van der Waals surface area contributed by atoms with E-state index in [2.05, 4.69) is 10.6 Å². The maximum Gasteiger partial charge on any atom is 0.326 e. The molecule has 1 aromatic rings. The topological polar surface area (TPSA) is 87.7 Å². The zero-order valence-corrected chi connectivity index (χ0v) is 11.5. The molecule has 0 saturated heterocycles. The van der Waals surface area contributed by atoms with E-state index in [1.807, 2.05) is 37.3 Å². The highest BCUT2D eigenvalue weighted by Crippen LogP contribution is 2.07. The van der Waals surface area contributed by atoms with Crippen molar-refractivity contribution >= 4 is 12.0 Å². The number of amides is 2. The fourth-order valence-electron chi connectivity index (χ4n) is 1.61. The molecule has 0 saturated carbocycles. The molecule has 0 aliphatic heterocycles. The Morgan fingerprint density at radius 2 is 2.00 bits per heavy atom. The fourth-order valence-corrected chi connectivity index (χ4v) is 1.61. The summed E-state index contributed by atoms with van der Waals surface area (Å²) in [6.07, 6.45) is 1.09. The van der Waals surface area contributed by atoms with E-state index in [4.69, 9.17) is 9.84 Å². The molecule has 110 valence electrons. The SMILES string of the molecule is CCC[C@H](NC(=O)NCCOc1ccccc1)C(=O)O. The van der Waals surface area contributed by atoms with Gasteiger partial charge >= 0.3 is 12.0 Å². The van der Waals surface area contributed by atoms with Gasteiger partial charge in [-0.1, -0.05) is 31.5 Å². The van der Waals surface area contributed by atoms with E-state index >= 15 is 0 Å². The molecule has 1 rings (SSSR count). The quantitative estimate of drug-likeness (QED) is 0.631. The summed E-state index contributed by atoms with van der Waals surface area (Å²) < 4.78 is 5.40. The smallest absolute Gasteiger partial charge is 0.326 e. The Morgan fingerprint density at radius 3 is 2.60 bits per heavy atom. The van der Waals surface area contributed by atoms with Crippen LogP contribution in [-0.2, 0) is 4.79 Å². The number of carboxylic acids is 1. The van der Waals surface area contributed by atoms with Gasteiger partial charge in [-0.25, -0.2) is 9.59 Å². The molecule has 0 aliphatic rings. The molecule has 0 radical (unpaired) electrons. The van der Waals surface area contributed by atoms with E-state index in [-0.39, 0.29) is 0 Å². The van der Waals surface area contributed by atoms with Crippen molar-refractivity contribution in [1.82, 2.24) is 10.6 Å². The molecule has 0 aromatic heterocycles. The molecule has 0 aliphatic carbocycles. The summed E-state index contributed by atoms with van der Waals surface area (Å²) in [5, 5.41) is 13.9. The molecule has 3 N–H and O–H groups in total. The van der Waals surface area contributed by atoms with Gasteiger partial charge in [0.1, 0.15) is 18.4 Å². The number of ether oxygens (including phenoxy) is 1. The Labute approximate surface area is 118 Å². The van der Waals surface area contributed by atoms with Gasteiger partial charge in [-0.2, -0.15) is 0 Å². The highest BCUT2D eigenvalue weighted by Gasteiger charge is 2.18. The van der Waals surface area contributed by atoms with Gasteiger partial charge in [0.25, 0.3) is 0 Å². The number of benzene rings is 1. The Hall–Kier alpha value is -2.24. The third-order valence-electron chi connectivity index (χ3n) is 2.58. The standard InChI is InChI=1S/C14H20N2O4/c1-2-6-12(13(17)18)16-14(19)15-9-10-20-11-7-4-3-5-8-11/h3-5,7-8,12H,2,6,9-10H2,1H3,(H,17,18)(H2,15,16,19)/t12-/m0/s1. The Balaban J connectivity index is 2.21. The molecule has 1 aromatic carbocycles. The van der Waals surface area contributed by atoms with Gasteiger partial charge in [0.2, 0.25) is 0 Å². The number of hydrogen-bond donors (Lipinski definition) is 3. The van der Waals surface area contributed by atoms with Gasteiger partial charge in [0.05, 0.1) is 6.54 Å². The number of rotatable bonds is 8. The van der Waals surface area contributed by atoms with Crippen molar-refractivity contribution in [2.24, 2.45) is 0 Å². The number of hydrogen-bond acceptors (Lipinski definition) is 3. The van der Waals surface area contributed by atoms with Crippen LogP contribution in [0.15, 0.2) is 30.3 Å². The maximum absolute atomic E-state index is 11.5. The lowest BCUT2D eigenvalue weighted by molar-refractivity contribution is -0.139. The van der Waals surface area contributed by atoms with Crippen LogP contribution in [0.2, 0.25) is 0 Å². The normalized spacial score (nSPS) is 11.4. The first-order valence-electron chi connectivity index (χ1n) is 6.58. The van der Waals surface area contributed by atoms with Gasteiger partial charge in [0, 0.05) is 0 Å². The summed E-state index contributed by atoms with van der Waals surface area (Å²) in [6.45, 7) is 2.49. The molecule has 0 spiro atoms.